The molecule has 0 radical (unpaired) electrons. The number of nitrogens with zero attached hydrogens (tertiary/aromatic N) is 5. The molecule has 17 heteroatoms. The minimum absolute atomic E-state index is 0.0291. The van der Waals surface area contributed by atoms with Crippen LogP contribution in [0, 0.1) is 0 Å². The number of amides is 3. The molecule has 3 rings (SSSR count). The number of carboxylic acid groups (broad SMARTS) is 1. The number of aliphatic carboxylic acids is 1. The molecule has 0 aliphatic carbocycles. The lowest BCUT2D eigenvalue weighted by atomic mass is 10.0. The smallest absolute Gasteiger partial charge is 0.278 e. The number of halogens is 1. The van der Waals surface area contributed by atoms with E-state index in [2.05, 4.69) is 24.7 Å². The number of carbonyl (C=O) groups excluding carboxylic acids is 4. The van der Waals surface area contributed by atoms with Gasteiger partial charge in [0.1, 0.15) is 11.4 Å². The highest BCUT2D eigenvalue weighted by Crippen LogP contribution is 2.40. The highest BCUT2D eigenvalue weighted by Gasteiger charge is 2.53. The first-order valence-electron chi connectivity index (χ1n) is 10.8. The first-order valence-corrected chi connectivity index (χ1v) is 12.7. The van der Waals surface area contributed by atoms with E-state index in [9.17, 15) is 28.7 Å². The van der Waals surface area contributed by atoms with Gasteiger partial charge in [0, 0.05) is 17.3 Å². The molecule has 1 aromatic rings. The summed E-state index contributed by atoms with van der Waals surface area (Å²) in [5.74, 6) is -3.63. The molecule has 3 atom stereocenters. The minimum Gasteiger partial charge on any atom is -0.543 e. The predicted molar refractivity (Wildman–Crippen MR) is 130 cm³/mol. The average Bonchev–Trinajstić information content (AvgIpc) is 3.27. The number of aromatic nitrogens is 2. The fourth-order valence-corrected chi connectivity index (χ4v) is 5.46. The maximum atomic E-state index is 12.9. The lowest BCUT2D eigenvalue weighted by molar-refractivity contribution is -0.894. The molecular formula is C20H25FN8O6S2. The Hall–Kier alpha value is -3.57. The number of anilines is 1. The van der Waals surface area contributed by atoms with Crippen molar-refractivity contribution >= 4 is 57.8 Å². The maximum Gasteiger partial charge on any atom is 0.278 e. The van der Waals surface area contributed by atoms with Gasteiger partial charge in [-0.25, -0.2) is 4.39 Å². The monoisotopic (exact) mass is 558 g/mol. The van der Waals surface area contributed by atoms with Crippen LogP contribution in [0.2, 0.25) is 0 Å². The van der Waals surface area contributed by atoms with Gasteiger partial charge in [-0.2, -0.15) is 9.36 Å². The minimum atomic E-state index is -1.55. The summed E-state index contributed by atoms with van der Waals surface area (Å²) in [5.41, 5.74) is 10.4. The van der Waals surface area contributed by atoms with Crippen molar-refractivity contribution < 1.29 is 38.0 Å². The average molecular weight is 559 g/mol. The van der Waals surface area contributed by atoms with Crippen molar-refractivity contribution in [3.63, 3.8) is 0 Å². The van der Waals surface area contributed by atoms with Crippen LogP contribution in [-0.4, -0.2) is 98.9 Å². The van der Waals surface area contributed by atoms with Crippen molar-refractivity contribution in [2.45, 2.75) is 18.3 Å². The zero-order valence-electron chi connectivity index (χ0n) is 19.9. The van der Waals surface area contributed by atoms with Crippen LogP contribution < -0.4 is 21.9 Å². The standard InChI is InChI=1S/C20H25FN8O6S2/c1-3-29(2,7-11(22)30)6-4-5-10-8-36-18-13(17(32)28(18)14(10)19(33)34)24-16(31)12(26-35-9-21)15-25-20(23)37-27-15/h4-5,13,18H,3,6-9H2,1-2H3,(H5-,22,23,24,25,27,30,31,33,34)/b5-4+,26-12+/t13-,18-,29?/m1/s1/i11+2. The van der Waals surface area contributed by atoms with Crippen molar-refractivity contribution in [1.29, 1.82) is 0 Å². The van der Waals surface area contributed by atoms with E-state index < -0.39 is 47.7 Å². The fourth-order valence-electron chi connectivity index (χ4n) is 3.70. The lowest BCUT2D eigenvalue weighted by Gasteiger charge is -2.50. The van der Waals surface area contributed by atoms with E-state index in [0.717, 1.165) is 16.4 Å². The molecule has 1 saturated heterocycles. The highest BCUT2D eigenvalue weighted by molar-refractivity contribution is 8.00. The SMILES string of the molecule is CC[N+](C)(C/C=C/C1=C(C(=O)[O-])N2C(=O)[C@@H](NC(=O)/C(=N/OCF)c3nsc(N)n3)[C@H]2SC1)C[14C](N)=O. The number of nitrogen functional groups attached to an aromatic ring is 1. The Morgan fingerprint density at radius 3 is 2.78 bits per heavy atom. The lowest BCUT2D eigenvalue weighted by Crippen LogP contribution is -2.71. The number of fused-ring (bicyclic) bond motifs is 1. The largest absolute Gasteiger partial charge is 0.543 e. The van der Waals surface area contributed by atoms with Crippen molar-refractivity contribution in [2.75, 3.05) is 45.0 Å². The van der Waals surface area contributed by atoms with Gasteiger partial charge in [0.25, 0.3) is 24.6 Å². The molecule has 14 nitrogen and oxygen atoms in total. The summed E-state index contributed by atoms with van der Waals surface area (Å²) in [5, 5.41) is 17.1. The van der Waals surface area contributed by atoms with Crippen LogP contribution in [0.5, 0.6) is 0 Å². The highest BCUT2D eigenvalue weighted by atomic mass is 32.2. The number of nitrogens with one attached hydrogen (secondary N) is 1. The predicted octanol–water partition coefficient (Wildman–Crippen LogP) is -2.32. The summed E-state index contributed by atoms with van der Waals surface area (Å²) in [4.78, 5) is 58.1. The van der Waals surface area contributed by atoms with Crippen molar-refractivity contribution in [3.8, 4) is 0 Å². The van der Waals surface area contributed by atoms with Crippen LogP contribution in [0.15, 0.2) is 28.6 Å². The second-order valence-corrected chi connectivity index (χ2v) is 10.2. The number of likely N-dealkylation sites (N-methyl/N-ethyl adjacent to an activating group) is 1. The molecule has 3 heterocycles. The Morgan fingerprint density at radius 1 is 1.49 bits per heavy atom. The normalized spacial score (nSPS) is 21.3. The molecule has 200 valence electrons. The Kier molecular flexibility index (Phi) is 8.82. The van der Waals surface area contributed by atoms with Crippen LogP contribution in [-0.2, 0) is 24.0 Å². The number of β-lactam (4-membered cyclic amide) rings is 1. The number of hydrogen-bond donors (Lipinski definition) is 3. The van der Waals surface area contributed by atoms with Gasteiger partial charge in [-0.05, 0) is 18.6 Å². The zero-order valence-corrected chi connectivity index (χ0v) is 21.5. The number of allylic oxidation sites excluding steroid dienone is 1. The van der Waals surface area contributed by atoms with Crippen LogP contribution >= 0.6 is 23.3 Å². The number of carbonyl (C=O) groups is 4. The van der Waals surface area contributed by atoms with Crippen molar-refractivity contribution in [1.82, 2.24) is 19.6 Å². The zero-order chi connectivity index (χ0) is 27.3. The van der Waals surface area contributed by atoms with Gasteiger partial charge in [-0.3, -0.25) is 19.3 Å². The summed E-state index contributed by atoms with van der Waals surface area (Å²) >= 11 is 2.01. The number of quaternary nitrogens is 1. The van der Waals surface area contributed by atoms with E-state index in [0.29, 0.717) is 23.1 Å². The molecule has 0 spiro atoms. The van der Waals surface area contributed by atoms with Gasteiger partial charge in [-0.1, -0.05) is 11.2 Å². The molecule has 5 N–H and O–H groups in total. The Morgan fingerprint density at radius 2 is 2.22 bits per heavy atom. The maximum absolute atomic E-state index is 12.9. The second kappa shape index (κ2) is 11.7. The number of rotatable bonds is 12. The number of oxime groups is 1. The summed E-state index contributed by atoms with van der Waals surface area (Å²) in [6.07, 6.45) is 3.30. The van der Waals surface area contributed by atoms with E-state index in [1.165, 1.54) is 11.8 Å². The number of hydrogen-bond acceptors (Lipinski definition) is 12. The molecule has 1 aromatic heterocycles. The van der Waals surface area contributed by atoms with Crippen LogP contribution in [0.4, 0.5) is 9.52 Å². The van der Waals surface area contributed by atoms with E-state index >= 15 is 0 Å². The third-order valence-electron chi connectivity index (χ3n) is 5.72. The number of carboxylic acids is 1. The third-order valence-corrected chi connectivity index (χ3v) is 7.56. The molecule has 1 fully saturated rings. The quantitative estimate of drug-likeness (QED) is 0.108. The molecule has 3 amide bonds. The number of primary amides is 1. The molecule has 0 aromatic carbocycles. The Balaban J connectivity index is 1.76. The van der Waals surface area contributed by atoms with E-state index in [-0.39, 0.29) is 29.0 Å². The molecule has 2 aliphatic rings. The van der Waals surface area contributed by atoms with Crippen molar-refractivity contribution in [3.05, 3.63) is 29.2 Å². The molecule has 1 unspecified atom stereocenters. The molecular weight excluding hydrogens is 533 g/mol. The van der Waals surface area contributed by atoms with Gasteiger partial charge in [0.05, 0.1) is 31.8 Å². The van der Waals surface area contributed by atoms with Crippen LogP contribution in [0.1, 0.15) is 12.7 Å². The topological polar surface area (TPSA) is 206 Å². The van der Waals surface area contributed by atoms with Gasteiger partial charge < -0.3 is 36.0 Å². The molecule has 0 saturated carbocycles. The van der Waals surface area contributed by atoms with Gasteiger partial charge in [0.15, 0.2) is 11.7 Å². The van der Waals surface area contributed by atoms with Crippen LogP contribution in [0.25, 0.3) is 0 Å². The Bertz CT molecular complexity index is 1190. The Labute approximate surface area is 218 Å². The first kappa shape index (κ1) is 28.0. The second-order valence-electron chi connectivity index (χ2n) is 8.30. The van der Waals surface area contributed by atoms with E-state index in [1.54, 1.807) is 12.2 Å². The number of thioether (sulfide) groups is 1. The van der Waals surface area contributed by atoms with Gasteiger partial charge in [0.2, 0.25) is 11.5 Å². The number of alkyl halides is 1. The molecule has 0 bridgehead atoms. The molecule has 2 aliphatic heterocycles. The van der Waals surface area contributed by atoms with Gasteiger partial charge in [-0.15, -0.1) is 11.8 Å². The van der Waals surface area contributed by atoms with E-state index in [4.69, 9.17) is 11.5 Å². The first-order chi connectivity index (χ1) is 17.5. The van der Waals surface area contributed by atoms with Crippen LogP contribution in [0.3, 0.4) is 0 Å². The summed E-state index contributed by atoms with van der Waals surface area (Å²) in [6.45, 7) is 1.71. The van der Waals surface area contributed by atoms with E-state index in [1.807, 2.05) is 14.0 Å². The third kappa shape index (κ3) is 6.23. The number of nitrogens with two attached hydrogens (primary N) is 2. The van der Waals surface area contributed by atoms with Crippen molar-refractivity contribution in [2.24, 2.45) is 10.9 Å². The van der Waals surface area contributed by atoms with Gasteiger partial charge >= 0.3 is 0 Å². The summed E-state index contributed by atoms with van der Waals surface area (Å²) in [7, 11) is 1.84. The summed E-state index contributed by atoms with van der Waals surface area (Å²) < 4.78 is 16.6. The molecule has 37 heavy (non-hydrogen) atoms. The summed E-state index contributed by atoms with van der Waals surface area (Å²) in [6, 6.07) is -1.10. The fraction of sp³-hybridized carbons (Fsp3) is 0.450.